The van der Waals surface area contributed by atoms with E-state index in [4.69, 9.17) is 9.47 Å². The Morgan fingerprint density at radius 2 is 1.66 bits per heavy atom. The Labute approximate surface area is 170 Å². The summed E-state index contributed by atoms with van der Waals surface area (Å²) in [5, 5.41) is 11.6. The number of methoxy groups -OCH3 is 2. The van der Waals surface area contributed by atoms with E-state index in [2.05, 4.69) is 54.6 Å². The van der Waals surface area contributed by atoms with Crippen LogP contribution in [0.5, 0.6) is 11.5 Å². The van der Waals surface area contributed by atoms with Gasteiger partial charge in [-0.05, 0) is 24.3 Å². The third-order valence-corrected chi connectivity index (χ3v) is 4.90. The highest BCUT2D eigenvalue weighted by molar-refractivity contribution is 5.65. The van der Waals surface area contributed by atoms with E-state index in [-0.39, 0.29) is 0 Å². The molecular weight excluding hydrogens is 368 g/mol. The van der Waals surface area contributed by atoms with Crippen LogP contribution in [0, 0.1) is 0 Å². The quantitative estimate of drug-likeness (QED) is 0.686. The Kier molecular flexibility index (Phi) is 5.60. The summed E-state index contributed by atoms with van der Waals surface area (Å²) in [6, 6.07) is 16.0. The predicted molar refractivity (Wildman–Crippen MR) is 114 cm³/mol. The largest absolute Gasteiger partial charge is 0.497 e. The Morgan fingerprint density at radius 1 is 0.897 bits per heavy atom. The van der Waals surface area contributed by atoms with Gasteiger partial charge in [-0.25, -0.2) is 0 Å². The van der Waals surface area contributed by atoms with Crippen LogP contribution in [0.4, 0.5) is 23.1 Å². The molecule has 0 atom stereocenters. The van der Waals surface area contributed by atoms with Crippen LogP contribution in [0.2, 0.25) is 0 Å². The predicted octanol–water partition coefficient (Wildman–Crippen LogP) is 2.96. The number of hydrogen-bond donors (Lipinski definition) is 1. The molecule has 1 N–H and O–H groups in total. The van der Waals surface area contributed by atoms with Crippen molar-refractivity contribution in [3.05, 3.63) is 54.7 Å². The number of piperazine rings is 1. The van der Waals surface area contributed by atoms with Crippen LogP contribution < -0.4 is 24.6 Å². The molecule has 1 aliphatic heterocycles. The molecule has 0 bridgehead atoms. The maximum absolute atomic E-state index is 5.44. The van der Waals surface area contributed by atoms with Crippen molar-refractivity contribution in [2.45, 2.75) is 0 Å². The molecule has 0 amide bonds. The van der Waals surface area contributed by atoms with Gasteiger partial charge in [-0.1, -0.05) is 18.2 Å². The van der Waals surface area contributed by atoms with E-state index in [1.807, 2.05) is 24.3 Å². The monoisotopic (exact) mass is 392 g/mol. The summed E-state index contributed by atoms with van der Waals surface area (Å²) in [6.45, 7) is 3.51. The third kappa shape index (κ3) is 4.31. The molecule has 8 heteroatoms. The van der Waals surface area contributed by atoms with Crippen molar-refractivity contribution < 1.29 is 9.47 Å². The standard InChI is InChI=1S/C21H24N6O2/c1-28-17-8-9-18(19(14-17)29-2)23-20-15-22-25-21(24-20)27-12-10-26(11-13-27)16-6-4-3-5-7-16/h3-9,14-15H,10-13H2,1-2H3,(H,23,24,25). The summed E-state index contributed by atoms with van der Waals surface area (Å²) in [4.78, 5) is 9.17. The summed E-state index contributed by atoms with van der Waals surface area (Å²) in [5.41, 5.74) is 2.03. The van der Waals surface area contributed by atoms with Gasteiger partial charge in [0, 0.05) is 37.9 Å². The summed E-state index contributed by atoms with van der Waals surface area (Å²) >= 11 is 0. The van der Waals surface area contributed by atoms with Gasteiger partial charge in [0.15, 0.2) is 5.82 Å². The molecule has 4 rings (SSSR count). The van der Waals surface area contributed by atoms with Gasteiger partial charge in [0.25, 0.3) is 0 Å². The van der Waals surface area contributed by atoms with Gasteiger partial charge in [0.1, 0.15) is 11.5 Å². The fourth-order valence-corrected chi connectivity index (χ4v) is 3.33. The molecule has 1 aliphatic rings. The number of ether oxygens (including phenoxy) is 2. The normalized spacial score (nSPS) is 13.9. The zero-order chi connectivity index (χ0) is 20.1. The van der Waals surface area contributed by atoms with E-state index in [1.165, 1.54) is 5.69 Å². The lowest BCUT2D eigenvalue weighted by atomic mass is 10.2. The van der Waals surface area contributed by atoms with Crippen LogP contribution in [0.3, 0.4) is 0 Å². The molecule has 0 spiro atoms. The molecule has 150 valence electrons. The first kappa shape index (κ1) is 18.8. The minimum atomic E-state index is 0.615. The highest BCUT2D eigenvalue weighted by atomic mass is 16.5. The number of para-hydroxylation sites is 1. The molecule has 8 nitrogen and oxygen atoms in total. The molecule has 1 saturated heterocycles. The molecule has 1 aromatic heterocycles. The van der Waals surface area contributed by atoms with Gasteiger partial charge in [-0.15, -0.1) is 5.10 Å². The molecule has 3 aromatic rings. The SMILES string of the molecule is COc1ccc(Nc2cnnc(N3CCN(c4ccccc4)CC3)n2)c(OC)c1. The zero-order valence-corrected chi connectivity index (χ0v) is 16.6. The lowest BCUT2D eigenvalue weighted by Gasteiger charge is -2.35. The Bertz CT molecular complexity index is 945. The molecule has 2 heterocycles. The fourth-order valence-electron chi connectivity index (χ4n) is 3.33. The van der Waals surface area contributed by atoms with Crippen molar-refractivity contribution in [1.82, 2.24) is 15.2 Å². The van der Waals surface area contributed by atoms with E-state index in [1.54, 1.807) is 20.4 Å². The summed E-state index contributed by atoms with van der Waals surface area (Å²) in [5.74, 6) is 2.63. The van der Waals surface area contributed by atoms with Gasteiger partial charge in [0.2, 0.25) is 5.95 Å². The number of nitrogens with one attached hydrogen (secondary N) is 1. The lowest BCUT2D eigenvalue weighted by Crippen LogP contribution is -2.47. The van der Waals surface area contributed by atoms with Crippen LogP contribution in [-0.4, -0.2) is 55.6 Å². The third-order valence-electron chi connectivity index (χ3n) is 4.90. The second-order valence-electron chi connectivity index (χ2n) is 6.64. The highest BCUT2D eigenvalue weighted by Gasteiger charge is 2.20. The molecule has 0 radical (unpaired) electrons. The maximum Gasteiger partial charge on any atom is 0.247 e. The van der Waals surface area contributed by atoms with Crippen molar-refractivity contribution in [3.63, 3.8) is 0 Å². The van der Waals surface area contributed by atoms with Crippen LogP contribution >= 0.6 is 0 Å². The van der Waals surface area contributed by atoms with Crippen LogP contribution in [0.15, 0.2) is 54.7 Å². The first-order valence-corrected chi connectivity index (χ1v) is 9.50. The molecule has 0 saturated carbocycles. The number of nitrogens with zero attached hydrogens (tertiary/aromatic N) is 5. The minimum absolute atomic E-state index is 0.615. The minimum Gasteiger partial charge on any atom is -0.497 e. The maximum atomic E-state index is 5.44. The topological polar surface area (TPSA) is 75.6 Å². The lowest BCUT2D eigenvalue weighted by molar-refractivity contribution is 0.395. The van der Waals surface area contributed by atoms with Gasteiger partial charge in [0.05, 0.1) is 26.1 Å². The van der Waals surface area contributed by atoms with E-state index >= 15 is 0 Å². The van der Waals surface area contributed by atoms with Crippen molar-refractivity contribution in [3.8, 4) is 11.5 Å². The van der Waals surface area contributed by atoms with Crippen LogP contribution in [0.1, 0.15) is 0 Å². The smallest absolute Gasteiger partial charge is 0.247 e. The average molecular weight is 392 g/mol. The molecule has 29 heavy (non-hydrogen) atoms. The van der Waals surface area contributed by atoms with Gasteiger partial charge in [-0.3, -0.25) is 0 Å². The second-order valence-corrected chi connectivity index (χ2v) is 6.64. The van der Waals surface area contributed by atoms with Crippen molar-refractivity contribution in [2.24, 2.45) is 0 Å². The number of anilines is 4. The first-order valence-electron chi connectivity index (χ1n) is 9.50. The van der Waals surface area contributed by atoms with E-state index in [0.29, 0.717) is 17.5 Å². The van der Waals surface area contributed by atoms with E-state index in [0.717, 1.165) is 37.6 Å². The number of benzene rings is 2. The Balaban J connectivity index is 1.44. The van der Waals surface area contributed by atoms with E-state index < -0.39 is 0 Å². The summed E-state index contributed by atoms with van der Waals surface area (Å²) in [6.07, 6.45) is 1.60. The number of aromatic nitrogens is 3. The molecule has 0 unspecified atom stereocenters. The van der Waals surface area contributed by atoms with Crippen molar-refractivity contribution >= 4 is 23.1 Å². The number of hydrogen-bond acceptors (Lipinski definition) is 8. The highest BCUT2D eigenvalue weighted by Crippen LogP contribution is 2.31. The molecule has 0 aliphatic carbocycles. The average Bonchev–Trinajstić information content (AvgIpc) is 2.80. The summed E-state index contributed by atoms with van der Waals surface area (Å²) in [7, 11) is 3.25. The summed E-state index contributed by atoms with van der Waals surface area (Å²) < 4.78 is 10.7. The Hall–Kier alpha value is -3.55. The molecular formula is C21H24N6O2. The van der Waals surface area contributed by atoms with Crippen LogP contribution in [0.25, 0.3) is 0 Å². The van der Waals surface area contributed by atoms with Gasteiger partial charge in [-0.2, -0.15) is 10.1 Å². The van der Waals surface area contributed by atoms with Crippen molar-refractivity contribution in [2.75, 3.05) is 55.5 Å². The van der Waals surface area contributed by atoms with Gasteiger partial charge >= 0.3 is 0 Å². The molecule has 1 fully saturated rings. The zero-order valence-electron chi connectivity index (χ0n) is 16.6. The first-order chi connectivity index (χ1) is 14.3. The van der Waals surface area contributed by atoms with Gasteiger partial charge < -0.3 is 24.6 Å². The van der Waals surface area contributed by atoms with Crippen LogP contribution in [-0.2, 0) is 0 Å². The number of rotatable bonds is 6. The Morgan fingerprint density at radius 3 is 2.38 bits per heavy atom. The second kappa shape index (κ2) is 8.64. The fraction of sp³-hybridized carbons (Fsp3) is 0.286. The van der Waals surface area contributed by atoms with E-state index in [9.17, 15) is 0 Å². The molecule has 2 aromatic carbocycles. The van der Waals surface area contributed by atoms with Crippen molar-refractivity contribution in [1.29, 1.82) is 0 Å².